The summed E-state index contributed by atoms with van der Waals surface area (Å²) >= 11 is 3.28. The average Bonchev–Trinajstić information content (AvgIpc) is 3.13. The Labute approximate surface area is 159 Å². The molecule has 1 saturated heterocycles. The van der Waals surface area contributed by atoms with Crippen LogP contribution in [0.2, 0.25) is 0 Å². The summed E-state index contributed by atoms with van der Waals surface area (Å²) in [7, 11) is -1.54. The molecule has 1 aliphatic rings. The van der Waals surface area contributed by atoms with Crippen LogP contribution >= 0.6 is 15.9 Å². The van der Waals surface area contributed by atoms with Crippen LogP contribution in [0.25, 0.3) is 0 Å². The number of amides is 2. The minimum Gasteiger partial charge on any atom is -0.345 e. The van der Waals surface area contributed by atoms with Crippen LogP contribution in [0, 0.1) is 0 Å². The fraction of sp³-hybridized carbons (Fsp3) is 0.250. The first kappa shape index (κ1) is 18.5. The Bertz CT molecular complexity index is 953. The maximum atomic E-state index is 12.2. The highest BCUT2D eigenvalue weighted by atomic mass is 79.9. The molecule has 1 fully saturated rings. The zero-order chi connectivity index (χ0) is 18.9. The molecule has 2 amide bonds. The van der Waals surface area contributed by atoms with Gasteiger partial charge in [-0.2, -0.15) is 0 Å². The SMILES string of the molecule is Cn1cc(Br)cc1C(=O)NNC(=O)c1ccc(N2CCCS2(=O)=O)cc1. The van der Waals surface area contributed by atoms with Crippen LogP contribution in [-0.2, 0) is 17.1 Å². The molecular formula is C16H17BrN4O4S. The molecule has 0 saturated carbocycles. The van der Waals surface area contributed by atoms with Gasteiger partial charge in [-0.25, -0.2) is 8.42 Å². The lowest BCUT2D eigenvalue weighted by Crippen LogP contribution is -2.42. The number of hydrogen-bond donors (Lipinski definition) is 2. The molecule has 10 heteroatoms. The number of sulfonamides is 1. The molecule has 2 heterocycles. The maximum Gasteiger partial charge on any atom is 0.286 e. The van der Waals surface area contributed by atoms with Crippen LogP contribution in [0.1, 0.15) is 27.3 Å². The normalized spacial score (nSPS) is 15.7. The van der Waals surface area contributed by atoms with Gasteiger partial charge in [0.2, 0.25) is 10.0 Å². The third kappa shape index (κ3) is 3.75. The van der Waals surface area contributed by atoms with Crippen molar-refractivity contribution in [2.45, 2.75) is 6.42 Å². The monoisotopic (exact) mass is 440 g/mol. The number of nitrogens with one attached hydrogen (secondary N) is 2. The van der Waals surface area contributed by atoms with Gasteiger partial charge in [-0.1, -0.05) is 0 Å². The Kier molecular flexibility index (Phi) is 5.05. The summed E-state index contributed by atoms with van der Waals surface area (Å²) < 4.78 is 27.5. The van der Waals surface area contributed by atoms with Crippen LogP contribution in [0.4, 0.5) is 5.69 Å². The number of aromatic nitrogens is 1. The van der Waals surface area contributed by atoms with E-state index in [9.17, 15) is 18.0 Å². The molecular weight excluding hydrogens is 424 g/mol. The Morgan fingerprint density at radius 3 is 2.31 bits per heavy atom. The van der Waals surface area contributed by atoms with Crippen LogP contribution < -0.4 is 15.2 Å². The second kappa shape index (κ2) is 7.12. The van der Waals surface area contributed by atoms with Gasteiger partial charge in [-0.15, -0.1) is 0 Å². The summed E-state index contributed by atoms with van der Waals surface area (Å²) in [6, 6.07) is 7.82. The standard InChI is InChI=1S/C16H17BrN4O4S/c1-20-10-12(17)9-14(20)16(23)19-18-15(22)11-3-5-13(6-4-11)21-7-2-8-26(21,24)25/h3-6,9-10H,2,7-8H2,1H3,(H,18,22)(H,19,23). The minimum atomic E-state index is -3.26. The number of carbonyl (C=O) groups is 2. The van der Waals surface area contributed by atoms with Gasteiger partial charge in [0.05, 0.1) is 11.4 Å². The van der Waals surface area contributed by atoms with Crippen LogP contribution in [0.3, 0.4) is 0 Å². The summed E-state index contributed by atoms with van der Waals surface area (Å²) in [5.74, 6) is -0.815. The predicted molar refractivity (Wildman–Crippen MR) is 100 cm³/mol. The lowest BCUT2D eigenvalue weighted by molar-refractivity contribution is 0.0842. The van der Waals surface area contributed by atoms with Gasteiger partial charge in [0.25, 0.3) is 11.8 Å². The fourth-order valence-corrected chi connectivity index (χ4v) is 4.80. The van der Waals surface area contributed by atoms with E-state index in [1.54, 1.807) is 36.0 Å². The molecule has 0 aliphatic carbocycles. The molecule has 0 bridgehead atoms. The van der Waals surface area contributed by atoms with Gasteiger partial charge >= 0.3 is 0 Å². The van der Waals surface area contributed by atoms with E-state index in [-0.39, 0.29) is 5.75 Å². The first-order chi connectivity index (χ1) is 12.3. The zero-order valence-corrected chi connectivity index (χ0v) is 16.3. The van der Waals surface area contributed by atoms with Gasteiger partial charge in [0.1, 0.15) is 5.69 Å². The summed E-state index contributed by atoms with van der Waals surface area (Å²) in [4.78, 5) is 24.2. The molecule has 0 unspecified atom stereocenters. The summed E-state index contributed by atoms with van der Waals surface area (Å²) in [6.45, 7) is 0.441. The largest absolute Gasteiger partial charge is 0.345 e. The Morgan fingerprint density at radius 2 is 1.77 bits per heavy atom. The molecule has 0 atom stereocenters. The van der Waals surface area contributed by atoms with Crippen molar-refractivity contribution in [1.29, 1.82) is 0 Å². The Morgan fingerprint density at radius 1 is 1.12 bits per heavy atom. The van der Waals surface area contributed by atoms with Gasteiger partial charge in [0, 0.05) is 29.8 Å². The molecule has 2 aromatic rings. The molecule has 1 aromatic heterocycles. The highest BCUT2D eigenvalue weighted by Gasteiger charge is 2.28. The number of benzene rings is 1. The number of halogens is 1. The molecule has 2 N–H and O–H groups in total. The number of hydrogen-bond acceptors (Lipinski definition) is 4. The third-order valence-corrected chi connectivity index (χ3v) is 6.31. The van der Waals surface area contributed by atoms with E-state index in [0.717, 1.165) is 4.47 Å². The fourth-order valence-electron chi connectivity index (χ4n) is 2.71. The topological polar surface area (TPSA) is 101 Å². The van der Waals surface area contributed by atoms with Crippen LogP contribution in [0.15, 0.2) is 41.0 Å². The molecule has 0 spiro atoms. The Balaban J connectivity index is 1.63. The predicted octanol–water partition coefficient (Wildman–Crippen LogP) is 1.40. The van der Waals surface area contributed by atoms with Crippen molar-refractivity contribution < 1.29 is 18.0 Å². The molecule has 3 rings (SSSR count). The highest BCUT2D eigenvalue weighted by Crippen LogP contribution is 2.24. The van der Waals surface area contributed by atoms with E-state index in [1.807, 2.05) is 0 Å². The van der Waals surface area contributed by atoms with E-state index in [4.69, 9.17) is 0 Å². The van der Waals surface area contributed by atoms with Crippen molar-refractivity contribution in [3.8, 4) is 0 Å². The van der Waals surface area contributed by atoms with E-state index >= 15 is 0 Å². The van der Waals surface area contributed by atoms with Crippen molar-refractivity contribution in [2.75, 3.05) is 16.6 Å². The smallest absolute Gasteiger partial charge is 0.286 e. The summed E-state index contributed by atoms with van der Waals surface area (Å²) in [5, 5.41) is 0. The first-order valence-corrected chi connectivity index (χ1v) is 10.2. The van der Waals surface area contributed by atoms with Crippen molar-refractivity contribution in [1.82, 2.24) is 15.4 Å². The van der Waals surface area contributed by atoms with Gasteiger partial charge < -0.3 is 4.57 Å². The van der Waals surface area contributed by atoms with Gasteiger partial charge in [-0.3, -0.25) is 24.7 Å². The van der Waals surface area contributed by atoms with E-state index in [1.165, 1.54) is 16.4 Å². The van der Waals surface area contributed by atoms with Crippen molar-refractivity contribution in [3.63, 3.8) is 0 Å². The van der Waals surface area contributed by atoms with Crippen LogP contribution in [-0.4, -0.2) is 37.1 Å². The molecule has 1 aliphatic heterocycles. The minimum absolute atomic E-state index is 0.135. The molecule has 1 aromatic carbocycles. The number of rotatable bonds is 3. The molecule has 138 valence electrons. The number of hydrazine groups is 1. The lowest BCUT2D eigenvalue weighted by atomic mass is 10.2. The lowest BCUT2D eigenvalue weighted by Gasteiger charge is -2.17. The maximum absolute atomic E-state index is 12.2. The van der Waals surface area contributed by atoms with Gasteiger partial charge in [-0.05, 0) is 52.7 Å². The highest BCUT2D eigenvalue weighted by molar-refractivity contribution is 9.10. The van der Waals surface area contributed by atoms with E-state index < -0.39 is 21.8 Å². The second-order valence-electron chi connectivity index (χ2n) is 5.85. The number of carbonyl (C=O) groups excluding carboxylic acids is 2. The van der Waals surface area contributed by atoms with E-state index in [0.29, 0.717) is 29.9 Å². The van der Waals surface area contributed by atoms with Crippen molar-refractivity contribution >= 4 is 43.5 Å². The number of nitrogens with zero attached hydrogens (tertiary/aromatic N) is 2. The number of anilines is 1. The summed E-state index contributed by atoms with van der Waals surface area (Å²) in [5.41, 5.74) is 5.90. The third-order valence-electron chi connectivity index (χ3n) is 4.01. The molecule has 8 nitrogen and oxygen atoms in total. The summed E-state index contributed by atoms with van der Waals surface area (Å²) in [6.07, 6.45) is 2.31. The zero-order valence-electron chi connectivity index (χ0n) is 13.9. The molecule has 0 radical (unpaired) electrons. The number of aryl methyl sites for hydroxylation is 1. The Hall–Kier alpha value is -2.33. The van der Waals surface area contributed by atoms with Crippen molar-refractivity contribution in [2.24, 2.45) is 7.05 Å². The average molecular weight is 441 g/mol. The quantitative estimate of drug-likeness (QED) is 0.704. The van der Waals surface area contributed by atoms with Gasteiger partial charge in [0.15, 0.2) is 0 Å². The van der Waals surface area contributed by atoms with Crippen molar-refractivity contribution in [3.05, 3.63) is 52.3 Å². The van der Waals surface area contributed by atoms with Crippen LogP contribution in [0.5, 0.6) is 0 Å². The first-order valence-electron chi connectivity index (χ1n) is 7.81. The van der Waals surface area contributed by atoms with E-state index in [2.05, 4.69) is 26.8 Å². The molecule has 26 heavy (non-hydrogen) atoms. The second-order valence-corrected chi connectivity index (χ2v) is 8.78.